The van der Waals surface area contributed by atoms with Crippen molar-refractivity contribution >= 4 is 11.6 Å². The molecule has 1 amide bonds. The van der Waals surface area contributed by atoms with Crippen LogP contribution in [-0.4, -0.2) is 18.5 Å². The van der Waals surface area contributed by atoms with Crippen molar-refractivity contribution in [2.75, 3.05) is 11.9 Å². The summed E-state index contributed by atoms with van der Waals surface area (Å²) < 4.78 is 13.2. The first-order valence-electron chi connectivity index (χ1n) is 5.61. The van der Waals surface area contributed by atoms with Gasteiger partial charge in [0.05, 0.1) is 0 Å². The number of amides is 1. The fourth-order valence-electron chi connectivity index (χ4n) is 1.85. The van der Waals surface area contributed by atoms with Crippen molar-refractivity contribution in [3.8, 4) is 0 Å². The van der Waals surface area contributed by atoms with Crippen molar-refractivity contribution in [3.63, 3.8) is 0 Å². The van der Waals surface area contributed by atoms with Crippen LogP contribution in [0, 0.1) is 12.7 Å². The zero-order chi connectivity index (χ0) is 12.3. The van der Waals surface area contributed by atoms with Gasteiger partial charge < -0.3 is 10.6 Å². The van der Waals surface area contributed by atoms with Crippen molar-refractivity contribution in [3.05, 3.63) is 41.7 Å². The van der Waals surface area contributed by atoms with E-state index in [-0.39, 0.29) is 17.8 Å². The Morgan fingerprint density at radius 3 is 2.94 bits per heavy atom. The first kappa shape index (κ1) is 11.6. The molecule has 1 aliphatic heterocycles. The Bertz CT molecular complexity index is 436. The van der Waals surface area contributed by atoms with Gasteiger partial charge in [-0.25, -0.2) is 4.39 Å². The lowest BCUT2D eigenvalue weighted by Crippen LogP contribution is -2.38. The van der Waals surface area contributed by atoms with E-state index in [0.29, 0.717) is 18.7 Å². The van der Waals surface area contributed by atoms with Crippen LogP contribution < -0.4 is 10.6 Å². The predicted octanol–water partition coefficient (Wildman–Crippen LogP) is 1.99. The second-order valence-corrected chi connectivity index (χ2v) is 4.17. The van der Waals surface area contributed by atoms with E-state index in [1.807, 2.05) is 25.1 Å². The van der Waals surface area contributed by atoms with E-state index in [1.165, 1.54) is 12.1 Å². The third-order valence-electron chi connectivity index (χ3n) is 2.63. The SMILES string of the molecule is Cc1cc(F)cc(NC2CC=CCNC2=O)c1. The zero-order valence-corrected chi connectivity index (χ0v) is 9.66. The third kappa shape index (κ3) is 3.06. The van der Waals surface area contributed by atoms with Crippen molar-refractivity contribution in [1.29, 1.82) is 0 Å². The maximum absolute atomic E-state index is 13.2. The van der Waals surface area contributed by atoms with E-state index in [1.54, 1.807) is 0 Å². The van der Waals surface area contributed by atoms with E-state index >= 15 is 0 Å². The molecule has 1 aliphatic rings. The largest absolute Gasteiger partial charge is 0.373 e. The molecule has 17 heavy (non-hydrogen) atoms. The quantitative estimate of drug-likeness (QED) is 0.768. The van der Waals surface area contributed by atoms with Crippen LogP contribution in [0.2, 0.25) is 0 Å². The monoisotopic (exact) mass is 234 g/mol. The van der Waals surface area contributed by atoms with Crippen LogP contribution in [0.3, 0.4) is 0 Å². The standard InChI is InChI=1S/C13H15FN2O/c1-9-6-10(14)8-11(7-9)16-12-4-2-3-5-15-13(12)17/h2-3,6-8,12,16H,4-5H2,1H3,(H,15,17). The fourth-order valence-corrected chi connectivity index (χ4v) is 1.85. The zero-order valence-electron chi connectivity index (χ0n) is 9.66. The van der Waals surface area contributed by atoms with E-state index < -0.39 is 0 Å². The normalized spacial score (nSPS) is 19.6. The highest BCUT2D eigenvalue weighted by Gasteiger charge is 2.18. The molecule has 4 heteroatoms. The Morgan fingerprint density at radius 2 is 2.18 bits per heavy atom. The topological polar surface area (TPSA) is 41.1 Å². The molecular formula is C13H15FN2O. The van der Waals surface area contributed by atoms with Crippen LogP contribution in [0.15, 0.2) is 30.4 Å². The Kier molecular flexibility index (Phi) is 3.42. The smallest absolute Gasteiger partial charge is 0.243 e. The first-order chi connectivity index (χ1) is 8.15. The highest BCUT2D eigenvalue weighted by atomic mass is 19.1. The lowest BCUT2D eigenvalue weighted by atomic mass is 10.1. The fraction of sp³-hybridized carbons (Fsp3) is 0.308. The highest BCUT2D eigenvalue weighted by Crippen LogP contribution is 2.15. The first-order valence-corrected chi connectivity index (χ1v) is 5.61. The molecule has 0 aliphatic carbocycles. The number of anilines is 1. The lowest BCUT2D eigenvalue weighted by molar-refractivity contribution is -0.121. The number of hydrogen-bond acceptors (Lipinski definition) is 2. The van der Waals surface area contributed by atoms with E-state index in [0.717, 1.165) is 5.56 Å². The van der Waals surface area contributed by atoms with Crippen LogP contribution >= 0.6 is 0 Å². The summed E-state index contributed by atoms with van der Waals surface area (Å²) in [7, 11) is 0. The van der Waals surface area contributed by atoms with Crippen LogP contribution in [0.25, 0.3) is 0 Å². The van der Waals surface area contributed by atoms with Gasteiger partial charge in [-0.3, -0.25) is 4.79 Å². The van der Waals surface area contributed by atoms with Gasteiger partial charge >= 0.3 is 0 Å². The number of rotatable bonds is 2. The summed E-state index contributed by atoms with van der Waals surface area (Å²) in [5.41, 5.74) is 1.47. The van der Waals surface area contributed by atoms with Crippen LogP contribution in [0.4, 0.5) is 10.1 Å². The molecule has 1 heterocycles. The molecule has 0 saturated carbocycles. The van der Waals surface area contributed by atoms with Gasteiger partial charge in [-0.2, -0.15) is 0 Å². The molecule has 90 valence electrons. The van der Waals surface area contributed by atoms with Crippen LogP contribution in [0.1, 0.15) is 12.0 Å². The molecule has 3 nitrogen and oxygen atoms in total. The van der Waals surface area contributed by atoms with Gasteiger partial charge in [0.15, 0.2) is 0 Å². The maximum Gasteiger partial charge on any atom is 0.243 e. The minimum absolute atomic E-state index is 0.0584. The molecule has 1 unspecified atom stereocenters. The van der Waals surface area contributed by atoms with Crippen LogP contribution in [-0.2, 0) is 4.79 Å². The number of halogens is 1. The van der Waals surface area contributed by atoms with E-state index in [2.05, 4.69) is 10.6 Å². The van der Waals surface area contributed by atoms with Crippen molar-refractivity contribution in [2.24, 2.45) is 0 Å². The number of carbonyl (C=O) groups is 1. The molecule has 1 atom stereocenters. The van der Waals surface area contributed by atoms with Gasteiger partial charge in [-0.05, 0) is 37.1 Å². The number of benzene rings is 1. The van der Waals surface area contributed by atoms with Crippen molar-refractivity contribution < 1.29 is 9.18 Å². The average molecular weight is 234 g/mol. The number of nitrogens with one attached hydrogen (secondary N) is 2. The van der Waals surface area contributed by atoms with Gasteiger partial charge in [0.25, 0.3) is 0 Å². The molecule has 0 aromatic heterocycles. The highest BCUT2D eigenvalue weighted by molar-refractivity contribution is 5.85. The molecule has 0 saturated heterocycles. The summed E-state index contributed by atoms with van der Waals surface area (Å²) in [5, 5.41) is 5.81. The molecule has 0 spiro atoms. The average Bonchev–Trinajstić information content (AvgIpc) is 2.43. The van der Waals surface area contributed by atoms with E-state index in [4.69, 9.17) is 0 Å². The summed E-state index contributed by atoms with van der Waals surface area (Å²) in [6, 6.07) is 4.34. The summed E-state index contributed by atoms with van der Waals surface area (Å²) in [6.45, 7) is 2.38. The molecule has 2 N–H and O–H groups in total. The molecule has 0 fully saturated rings. The molecule has 2 rings (SSSR count). The molecular weight excluding hydrogens is 219 g/mol. The molecule has 1 aromatic carbocycles. The Morgan fingerprint density at radius 1 is 1.35 bits per heavy atom. The number of carbonyl (C=O) groups excluding carboxylic acids is 1. The predicted molar refractivity (Wildman–Crippen MR) is 65.3 cm³/mol. The van der Waals surface area contributed by atoms with Gasteiger partial charge in [0, 0.05) is 12.2 Å². The second-order valence-electron chi connectivity index (χ2n) is 4.17. The number of aryl methyl sites for hydroxylation is 1. The minimum atomic E-state index is -0.338. The van der Waals surface area contributed by atoms with Crippen molar-refractivity contribution in [1.82, 2.24) is 5.32 Å². The Labute approximate surface area is 99.7 Å². The van der Waals surface area contributed by atoms with Crippen LogP contribution in [0.5, 0.6) is 0 Å². The summed E-state index contributed by atoms with van der Waals surface area (Å²) in [5.74, 6) is -0.353. The molecule has 1 aromatic rings. The third-order valence-corrected chi connectivity index (χ3v) is 2.63. The Hall–Kier alpha value is -1.84. The summed E-state index contributed by atoms with van der Waals surface area (Å²) in [4.78, 5) is 11.7. The van der Waals surface area contributed by atoms with Gasteiger partial charge in [0.1, 0.15) is 11.9 Å². The minimum Gasteiger partial charge on any atom is -0.373 e. The van der Waals surface area contributed by atoms with Gasteiger partial charge in [-0.15, -0.1) is 0 Å². The summed E-state index contributed by atoms with van der Waals surface area (Å²) >= 11 is 0. The molecule has 0 radical (unpaired) electrons. The number of hydrogen-bond donors (Lipinski definition) is 2. The molecule has 0 bridgehead atoms. The second kappa shape index (κ2) is 4.99. The maximum atomic E-state index is 13.2. The van der Waals surface area contributed by atoms with Gasteiger partial charge in [0.2, 0.25) is 5.91 Å². The van der Waals surface area contributed by atoms with Gasteiger partial charge in [-0.1, -0.05) is 12.2 Å². The van der Waals surface area contributed by atoms with Crippen molar-refractivity contribution in [2.45, 2.75) is 19.4 Å². The summed E-state index contributed by atoms with van der Waals surface area (Å²) in [6.07, 6.45) is 4.47. The van der Waals surface area contributed by atoms with E-state index in [9.17, 15) is 9.18 Å². The lowest BCUT2D eigenvalue weighted by Gasteiger charge is -2.16. The Balaban J connectivity index is 2.13.